The average molecular weight is 556 g/mol. The molecule has 1 aromatic carbocycles. The zero-order chi connectivity index (χ0) is 21.8. The fourth-order valence-electron chi connectivity index (χ4n) is 2.98. The van der Waals surface area contributed by atoms with Gasteiger partial charge in [0.25, 0.3) is 0 Å². The van der Waals surface area contributed by atoms with Gasteiger partial charge in [0, 0.05) is 19.8 Å². The van der Waals surface area contributed by atoms with Gasteiger partial charge in [0.1, 0.15) is 0 Å². The fraction of sp³-hybridized carbons (Fsp3) is 0.381. The van der Waals surface area contributed by atoms with Crippen molar-refractivity contribution in [3.8, 4) is 0 Å². The first-order chi connectivity index (χ1) is 14.2. The normalized spacial score (nSPS) is 12.5. The number of halogens is 1. The zero-order valence-corrected chi connectivity index (χ0v) is 21.3. The number of benzene rings is 1. The number of nitrogens with zero attached hydrogens (tertiary/aromatic N) is 4. The monoisotopic (exact) mass is 556 g/mol. The third-order valence-electron chi connectivity index (χ3n) is 4.76. The first-order valence-corrected chi connectivity index (χ1v) is 11.4. The van der Waals surface area contributed by atoms with Crippen molar-refractivity contribution in [2.75, 3.05) is 19.3 Å². The summed E-state index contributed by atoms with van der Waals surface area (Å²) in [5.41, 5.74) is 1.85. The standard InChI is InChI=1S/C21H28N6O2S.HI/c1-21(2,3)16-8-10-17(11-9-16)30(28,29)14-12-23-20(22-4)24-15-19-26-25-18-7-5-6-13-27(18)19;/h5-11,13H,12,14-15H2,1-4H3,(H2,22,23,24);1H. The predicted octanol–water partition coefficient (Wildman–Crippen LogP) is 2.78. The summed E-state index contributed by atoms with van der Waals surface area (Å²) in [6, 6.07) is 12.8. The second-order valence-corrected chi connectivity index (χ2v) is 10.1. The highest BCUT2D eigenvalue weighted by Crippen LogP contribution is 2.23. The Morgan fingerprint density at radius 3 is 2.42 bits per heavy atom. The van der Waals surface area contributed by atoms with Crippen LogP contribution in [0.5, 0.6) is 0 Å². The molecule has 0 amide bonds. The lowest BCUT2D eigenvalue weighted by Crippen LogP contribution is -2.39. The first-order valence-electron chi connectivity index (χ1n) is 9.77. The van der Waals surface area contributed by atoms with Crippen molar-refractivity contribution in [3.63, 3.8) is 0 Å². The molecule has 0 saturated heterocycles. The van der Waals surface area contributed by atoms with Gasteiger partial charge in [0.05, 0.1) is 17.2 Å². The van der Waals surface area contributed by atoms with Gasteiger partial charge in [-0.2, -0.15) is 0 Å². The van der Waals surface area contributed by atoms with Crippen molar-refractivity contribution in [2.24, 2.45) is 4.99 Å². The van der Waals surface area contributed by atoms with Gasteiger partial charge in [-0.3, -0.25) is 9.39 Å². The van der Waals surface area contributed by atoms with E-state index < -0.39 is 9.84 Å². The van der Waals surface area contributed by atoms with Crippen molar-refractivity contribution < 1.29 is 8.42 Å². The van der Waals surface area contributed by atoms with Crippen LogP contribution in [0, 0.1) is 0 Å². The average Bonchev–Trinajstić information content (AvgIpc) is 3.13. The Balaban J connectivity index is 0.00000341. The van der Waals surface area contributed by atoms with E-state index in [2.05, 4.69) is 46.6 Å². The first kappa shape index (κ1) is 25.1. The van der Waals surface area contributed by atoms with Gasteiger partial charge >= 0.3 is 0 Å². The molecule has 0 aliphatic heterocycles. The fourth-order valence-corrected chi connectivity index (χ4v) is 4.14. The van der Waals surface area contributed by atoms with E-state index in [9.17, 15) is 8.42 Å². The van der Waals surface area contributed by atoms with E-state index in [1.807, 2.05) is 40.9 Å². The number of rotatable bonds is 6. The maximum Gasteiger partial charge on any atom is 0.191 e. The summed E-state index contributed by atoms with van der Waals surface area (Å²) >= 11 is 0. The van der Waals surface area contributed by atoms with Gasteiger partial charge in [0.15, 0.2) is 27.3 Å². The number of fused-ring (bicyclic) bond motifs is 1. The molecule has 2 aromatic heterocycles. The quantitative estimate of drug-likeness (QED) is 0.275. The van der Waals surface area contributed by atoms with Gasteiger partial charge < -0.3 is 10.6 Å². The van der Waals surface area contributed by atoms with Crippen LogP contribution in [0.25, 0.3) is 5.65 Å². The molecular weight excluding hydrogens is 527 g/mol. The van der Waals surface area contributed by atoms with Crippen LogP contribution in [0.3, 0.4) is 0 Å². The van der Waals surface area contributed by atoms with E-state index in [1.165, 1.54) is 0 Å². The van der Waals surface area contributed by atoms with Crippen molar-refractivity contribution in [1.29, 1.82) is 0 Å². The van der Waals surface area contributed by atoms with Crippen LogP contribution in [-0.2, 0) is 21.8 Å². The minimum absolute atomic E-state index is 0. The second-order valence-electron chi connectivity index (χ2n) is 7.99. The maximum atomic E-state index is 12.6. The molecule has 3 rings (SSSR count). The SMILES string of the molecule is CN=C(NCCS(=O)(=O)c1ccc(C(C)(C)C)cc1)NCc1nnc2ccccn12.I. The number of sulfone groups is 1. The largest absolute Gasteiger partial charge is 0.355 e. The van der Waals surface area contributed by atoms with Gasteiger partial charge in [0.2, 0.25) is 0 Å². The second kappa shape index (κ2) is 10.4. The van der Waals surface area contributed by atoms with Crippen LogP contribution in [0.2, 0.25) is 0 Å². The molecule has 3 aromatic rings. The summed E-state index contributed by atoms with van der Waals surface area (Å²) < 4.78 is 27.1. The topological polar surface area (TPSA) is 101 Å². The molecule has 0 radical (unpaired) electrons. The molecule has 0 aliphatic carbocycles. The molecule has 0 unspecified atom stereocenters. The maximum absolute atomic E-state index is 12.6. The number of pyridine rings is 1. The molecular formula is C21H29IN6O2S. The molecule has 0 bridgehead atoms. The molecule has 2 heterocycles. The summed E-state index contributed by atoms with van der Waals surface area (Å²) in [6.45, 7) is 6.94. The lowest BCUT2D eigenvalue weighted by atomic mass is 9.87. The van der Waals surface area contributed by atoms with Crippen LogP contribution < -0.4 is 10.6 Å². The predicted molar refractivity (Wildman–Crippen MR) is 134 cm³/mol. The van der Waals surface area contributed by atoms with E-state index in [0.29, 0.717) is 17.4 Å². The van der Waals surface area contributed by atoms with Gasteiger partial charge in [-0.1, -0.05) is 39.0 Å². The summed E-state index contributed by atoms with van der Waals surface area (Å²) in [6.07, 6.45) is 1.89. The lowest BCUT2D eigenvalue weighted by Gasteiger charge is -2.19. The highest BCUT2D eigenvalue weighted by Gasteiger charge is 2.18. The van der Waals surface area contributed by atoms with E-state index >= 15 is 0 Å². The Morgan fingerprint density at radius 1 is 1.06 bits per heavy atom. The van der Waals surface area contributed by atoms with Crippen LogP contribution >= 0.6 is 24.0 Å². The third kappa shape index (κ3) is 6.39. The molecule has 0 fully saturated rings. The summed E-state index contributed by atoms with van der Waals surface area (Å²) in [4.78, 5) is 4.47. The highest BCUT2D eigenvalue weighted by molar-refractivity contribution is 14.0. The Kier molecular flexibility index (Phi) is 8.41. The number of hydrogen-bond donors (Lipinski definition) is 2. The zero-order valence-electron chi connectivity index (χ0n) is 18.2. The molecule has 8 nitrogen and oxygen atoms in total. The van der Waals surface area contributed by atoms with Gasteiger partial charge in [-0.05, 0) is 35.2 Å². The van der Waals surface area contributed by atoms with Crippen molar-refractivity contribution in [1.82, 2.24) is 25.2 Å². The number of aromatic nitrogens is 3. The van der Waals surface area contributed by atoms with Crippen molar-refractivity contribution in [3.05, 3.63) is 60.0 Å². The molecule has 0 atom stereocenters. The Morgan fingerprint density at radius 2 is 1.77 bits per heavy atom. The number of aliphatic imine (C=N–C) groups is 1. The van der Waals surface area contributed by atoms with E-state index in [1.54, 1.807) is 19.2 Å². The number of nitrogens with one attached hydrogen (secondary N) is 2. The molecule has 2 N–H and O–H groups in total. The van der Waals surface area contributed by atoms with Crippen molar-refractivity contribution in [2.45, 2.75) is 37.6 Å². The van der Waals surface area contributed by atoms with Crippen LogP contribution in [0.1, 0.15) is 32.2 Å². The molecule has 31 heavy (non-hydrogen) atoms. The molecule has 0 saturated carbocycles. The van der Waals surface area contributed by atoms with E-state index in [0.717, 1.165) is 17.0 Å². The number of hydrogen-bond acceptors (Lipinski definition) is 5. The van der Waals surface area contributed by atoms with E-state index in [4.69, 9.17) is 0 Å². The van der Waals surface area contributed by atoms with Crippen molar-refractivity contribution >= 4 is 45.4 Å². The number of guanidine groups is 1. The smallest absolute Gasteiger partial charge is 0.191 e. The summed E-state index contributed by atoms with van der Waals surface area (Å²) in [7, 11) is -1.75. The minimum atomic E-state index is -3.39. The third-order valence-corrected chi connectivity index (χ3v) is 6.50. The molecule has 0 aliphatic rings. The summed E-state index contributed by atoms with van der Waals surface area (Å²) in [5.74, 6) is 1.21. The lowest BCUT2D eigenvalue weighted by molar-refractivity contribution is 0.586. The van der Waals surface area contributed by atoms with E-state index in [-0.39, 0.29) is 41.7 Å². The summed E-state index contributed by atoms with van der Waals surface area (Å²) in [5, 5.41) is 14.4. The molecule has 10 heteroatoms. The minimum Gasteiger partial charge on any atom is -0.355 e. The van der Waals surface area contributed by atoms with Crippen LogP contribution in [0.4, 0.5) is 0 Å². The Hall–Kier alpha value is -2.21. The molecule has 0 spiro atoms. The van der Waals surface area contributed by atoms with Gasteiger partial charge in [-0.15, -0.1) is 34.2 Å². The highest BCUT2D eigenvalue weighted by atomic mass is 127. The molecule has 168 valence electrons. The Bertz CT molecular complexity index is 1130. The van der Waals surface area contributed by atoms with Crippen LogP contribution in [-0.4, -0.2) is 48.3 Å². The van der Waals surface area contributed by atoms with Gasteiger partial charge in [-0.25, -0.2) is 8.42 Å². The Labute approximate surface area is 200 Å². The van der Waals surface area contributed by atoms with Crippen LogP contribution in [0.15, 0.2) is 58.5 Å².